The van der Waals surface area contributed by atoms with Crippen LogP contribution in [0.2, 0.25) is 0 Å². The third-order valence-corrected chi connectivity index (χ3v) is 3.82. The summed E-state index contributed by atoms with van der Waals surface area (Å²) in [7, 11) is 0. The summed E-state index contributed by atoms with van der Waals surface area (Å²) in [5.41, 5.74) is 1.60. The number of hydrogen-bond acceptors (Lipinski definition) is 4. The maximum atomic E-state index is 12.4. The van der Waals surface area contributed by atoms with Crippen molar-refractivity contribution in [3.63, 3.8) is 0 Å². The van der Waals surface area contributed by atoms with Crippen LogP contribution in [-0.4, -0.2) is 40.6 Å². The fourth-order valence-electron chi connectivity index (χ4n) is 2.38. The van der Waals surface area contributed by atoms with Gasteiger partial charge in [0.05, 0.1) is 0 Å². The molecule has 2 aromatic rings. The lowest BCUT2D eigenvalue weighted by molar-refractivity contribution is 0.0767. The molecule has 130 valence electrons. The van der Waals surface area contributed by atoms with E-state index in [1.54, 1.807) is 35.2 Å². The van der Waals surface area contributed by atoms with E-state index >= 15 is 0 Å². The summed E-state index contributed by atoms with van der Waals surface area (Å²) < 4.78 is 0. The Morgan fingerprint density at radius 3 is 2.40 bits per heavy atom. The highest BCUT2D eigenvalue weighted by Crippen LogP contribution is 2.13. The first-order valence-corrected chi connectivity index (χ1v) is 8.14. The third kappa shape index (κ3) is 4.50. The number of Topliss-reactive ketones (excluding diaryl/α,β-unsaturated/α-hetero) is 1. The second kappa shape index (κ2) is 8.19. The maximum Gasteiger partial charge on any atom is 0.272 e. The second-order valence-electron chi connectivity index (χ2n) is 5.50. The predicted octanol–water partition coefficient (Wildman–Crippen LogP) is 3.02. The van der Waals surface area contributed by atoms with Crippen LogP contribution in [-0.2, 0) is 0 Å². The number of carbonyl (C=O) groups excluding carboxylic acids is 3. The van der Waals surface area contributed by atoms with Gasteiger partial charge in [-0.3, -0.25) is 19.4 Å². The van der Waals surface area contributed by atoms with Gasteiger partial charge in [-0.2, -0.15) is 0 Å². The predicted molar refractivity (Wildman–Crippen MR) is 95.9 cm³/mol. The van der Waals surface area contributed by atoms with Gasteiger partial charge in [-0.15, -0.1) is 0 Å². The number of nitrogens with one attached hydrogen (secondary N) is 1. The zero-order chi connectivity index (χ0) is 18.4. The van der Waals surface area contributed by atoms with E-state index in [-0.39, 0.29) is 23.3 Å². The van der Waals surface area contributed by atoms with Crippen LogP contribution >= 0.6 is 0 Å². The van der Waals surface area contributed by atoms with Crippen LogP contribution in [0, 0.1) is 0 Å². The smallest absolute Gasteiger partial charge is 0.272 e. The lowest BCUT2D eigenvalue weighted by atomic mass is 10.1. The molecule has 2 amide bonds. The first-order chi connectivity index (χ1) is 12.0. The van der Waals surface area contributed by atoms with Crippen molar-refractivity contribution in [1.29, 1.82) is 0 Å². The Kier molecular flexibility index (Phi) is 6.00. The molecule has 0 bridgehead atoms. The topological polar surface area (TPSA) is 79.4 Å². The normalized spacial score (nSPS) is 10.2. The summed E-state index contributed by atoms with van der Waals surface area (Å²) in [6, 6.07) is 9.73. The van der Waals surface area contributed by atoms with Gasteiger partial charge in [-0.25, -0.2) is 0 Å². The molecule has 0 aliphatic carbocycles. The molecule has 0 aliphatic heterocycles. The van der Waals surface area contributed by atoms with E-state index in [9.17, 15) is 14.4 Å². The fourth-order valence-corrected chi connectivity index (χ4v) is 2.38. The van der Waals surface area contributed by atoms with E-state index in [0.29, 0.717) is 29.9 Å². The molecule has 1 N–H and O–H groups in total. The summed E-state index contributed by atoms with van der Waals surface area (Å²) >= 11 is 0. The van der Waals surface area contributed by atoms with E-state index in [2.05, 4.69) is 10.3 Å². The minimum atomic E-state index is -0.364. The summed E-state index contributed by atoms with van der Waals surface area (Å²) in [5.74, 6) is -0.651. The number of rotatable bonds is 6. The van der Waals surface area contributed by atoms with Gasteiger partial charge in [0, 0.05) is 36.1 Å². The molecular formula is C19H21N3O3. The zero-order valence-corrected chi connectivity index (χ0v) is 14.6. The van der Waals surface area contributed by atoms with Gasteiger partial charge < -0.3 is 10.2 Å². The maximum absolute atomic E-state index is 12.4. The van der Waals surface area contributed by atoms with Gasteiger partial charge in [-0.05, 0) is 45.0 Å². The van der Waals surface area contributed by atoms with Crippen LogP contribution < -0.4 is 5.32 Å². The quantitative estimate of drug-likeness (QED) is 0.821. The molecule has 6 heteroatoms. The molecule has 6 nitrogen and oxygen atoms in total. The highest BCUT2D eigenvalue weighted by molar-refractivity contribution is 6.06. The number of pyridine rings is 1. The van der Waals surface area contributed by atoms with Crippen LogP contribution in [0.25, 0.3) is 0 Å². The van der Waals surface area contributed by atoms with Crippen LogP contribution in [0.1, 0.15) is 52.0 Å². The number of ketones is 1. The van der Waals surface area contributed by atoms with Crippen molar-refractivity contribution < 1.29 is 14.4 Å². The molecule has 1 aromatic carbocycles. The van der Waals surface area contributed by atoms with Gasteiger partial charge >= 0.3 is 0 Å². The van der Waals surface area contributed by atoms with Crippen LogP contribution in [0.15, 0.2) is 42.6 Å². The van der Waals surface area contributed by atoms with Crippen molar-refractivity contribution in [2.75, 3.05) is 18.4 Å². The van der Waals surface area contributed by atoms with E-state index in [1.165, 1.54) is 19.2 Å². The molecular weight excluding hydrogens is 318 g/mol. The lowest BCUT2D eigenvalue weighted by Crippen LogP contribution is -2.31. The summed E-state index contributed by atoms with van der Waals surface area (Å²) in [6.45, 7) is 6.39. The molecule has 0 radical (unpaired) electrons. The van der Waals surface area contributed by atoms with Crippen molar-refractivity contribution in [1.82, 2.24) is 9.88 Å². The van der Waals surface area contributed by atoms with Crippen molar-refractivity contribution in [2.45, 2.75) is 20.8 Å². The molecule has 0 spiro atoms. The highest BCUT2D eigenvalue weighted by Gasteiger charge is 2.16. The number of amides is 2. The number of hydrogen-bond donors (Lipinski definition) is 1. The van der Waals surface area contributed by atoms with Gasteiger partial charge in [0.15, 0.2) is 5.78 Å². The van der Waals surface area contributed by atoms with Crippen molar-refractivity contribution in [3.8, 4) is 0 Å². The van der Waals surface area contributed by atoms with E-state index in [4.69, 9.17) is 0 Å². The number of nitrogens with zero attached hydrogens (tertiary/aromatic N) is 2. The fraction of sp³-hybridized carbons (Fsp3) is 0.263. The van der Waals surface area contributed by atoms with Crippen LogP contribution in [0.3, 0.4) is 0 Å². The van der Waals surface area contributed by atoms with Gasteiger partial charge in [-0.1, -0.05) is 12.1 Å². The average Bonchev–Trinajstić information content (AvgIpc) is 2.63. The van der Waals surface area contributed by atoms with Gasteiger partial charge in [0.2, 0.25) is 0 Å². The highest BCUT2D eigenvalue weighted by atomic mass is 16.2. The minimum absolute atomic E-state index is 0.0767. The molecule has 0 saturated heterocycles. The minimum Gasteiger partial charge on any atom is -0.338 e. The summed E-state index contributed by atoms with van der Waals surface area (Å²) in [5, 5.41) is 2.73. The first kappa shape index (κ1) is 18.3. The van der Waals surface area contributed by atoms with Crippen molar-refractivity contribution >= 4 is 23.3 Å². The van der Waals surface area contributed by atoms with Crippen LogP contribution in [0.4, 0.5) is 5.69 Å². The van der Waals surface area contributed by atoms with Crippen molar-refractivity contribution in [3.05, 3.63) is 59.4 Å². The molecule has 1 aromatic heterocycles. The Labute approximate surface area is 146 Å². The Bertz CT molecular complexity index is 798. The standard InChI is InChI=1S/C19H21N3O3/c1-4-22(5-2)19(25)17-12-15(9-10-20-17)18(24)21-16-8-6-7-14(11-16)13(3)23/h6-12H,4-5H2,1-3H3,(H,21,24). The SMILES string of the molecule is CCN(CC)C(=O)c1cc(C(=O)Nc2cccc(C(C)=O)c2)ccn1. The Morgan fingerprint density at radius 2 is 1.76 bits per heavy atom. The molecule has 0 aliphatic rings. The number of benzene rings is 1. The molecule has 0 fully saturated rings. The second-order valence-corrected chi connectivity index (χ2v) is 5.50. The first-order valence-electron chi connectivity index (χ1n) is 8.14. The van der Waals surface area contributed by atoms with E-state index in [0.717, 1.165) is 0 Å². The Morgan fingerprint density at radius 1 is 1.04 bits per heavy atom. The van der Waals surface area contributed by atoms with Gasteiger partial charge in [0.1, 0.15) is 5.69 Å². The number of aromatic nitrogens is 1. The average molecular weight is 339 g/mol. The number of carbonyl (C=O) groups is 3. The summed E-state index contributed by atoms with van der Waals surface area (Å²) in [4.78, 5) is 41.9. The van der Waals surface area contributed by atoms with Gasteiger partial charge in [0.25, 0.3) is 11.8 Å². The monoisotopic (exact) mass is 339 g/mol. The lowest BCUT2D eigenvalue weighted by Gasteiger charge is -2.18. The number of anilines is 1. The van der Waals surface area contributed by atoms with Crippen molar-refractivity contribution in [2.24, 2.45) is 0 Å². The van der Waals surface area contributed by atoms with E-state index < -0.39 is 0 Å². The molecule has 0 atom stereocenters. The van der Waals surface area contributed by atoms with E-state index in [1.807, 2.05) is 13.8 Å². The molecule has 2 rings (SSSR count). The van der Waals surface area contributed by atoms with Crippen LogP contribution in [0.5, 0.6) is 0 Å². The molecule has 25 heavy (non-hydrogen) atoms. The third-order valence-electron chi connectivity index (χ3n) is 3.82. The summed E-state index contributed by atoms with van der Waals surface area (Å²) in [6.07, 6.45) is 1.44. The molecule has 0 saturated carbocycles. The Balaban J connectivity index is 2.20. The Hall–Kier alpha value is -3.02. The molecule has 1 heterocycles. The largest absolute Gasteiger partial charge is 0.338 e. The molecule has 0 unspecified atom stereocenters. The zero-order valence-electron chi connectivity index (χ0n) is 14.6.